The first-order valence-corrected chi connectivity index (χ1v) is 7.10. The fraction of sp³-hybridized carbons (Fsp3) is 0.375. The van der Waals surface area contributed by atoms with E-state index in [9.17, 15) is 4.79 Å². The first kappa shape index (κ1) is 12.9. The SMILES string of the molecule is O=c1cc(Cc2ccccc2)nc(OC2CCCC2)[nH]1. The average molecular weight is 270 g/mol. The van der Waals surface area contributed by atoms with E-state index in [1.165, 1.54) is 18.9 Å². The van der Waals surface area contributed by atoms with Crippen molar-refractivity contribution in [1.82, 2.24) is 9.97 Å². The van der Waals surface area contributed by atoms with E-state index in [1.807, 2.05) is 30.3 Å². The van der Waals surface area contributed by atoms with E-state index in [2.05, 4.69) is 9.97 Å². The Morgan fingerprint density at radius 2 is 1.95 bits per heavy atom. The van der Waals surface area contributed by atoms with E-state index >= 15 is 0 Å². The summed E-state index contributed by atoms with van der Waals surface area (Å²) in [5.74, 6) is 0. The molecule has 0 atom stereocenters. The van der Waals surface area contributed by atoms with Gasteiger partial charge in [-0.25, -0.2) is 4.98 Å². The minimum absolute atomic E-state index is 0.154. The van der Waals surface area contributed by atoms with E-state index in [0.717, 1.165) is 24.1 Å². The topological polar surface area (TPSA) is 55.0 Å². The lowest BCUT2D eigenvalue weighted by atomic mass is 10.1. The van der Waals surface area contributed by atoms with Gasteiger partial charge in [-0.05, 0) is 31.2 Å². The van der Waals surface area contributed by atoms with Gasteiger partial charge in [0.05, 0.1) is 5.69 Å². The fourth-order valence-electron chi connectivity index (χ4n) is 2.60. The Labute approximate surface area is 117 Å². The lowest BCUT2D eigenvalue weighted by Gasteiger charge is -2.12. The summed E-state index contributed by atoms with van der Waals surface area (Å²) in [5, 5.41) is 0. The van der Waals surface area contributed by atoms with Gasteiger partial charge in [0, 0.05) is 12.5 Å². The maximum atomic E-state index is 11.7. The summed E-state index contributed by atoms with van der Waals surface area (Å²) in [6.45, 7) is 0. The van der Waals surface area contributed by atoms with Crippen LogP contribution in [0.25, 0.3) is 0 Å². The number of nitrogens with one attached hydrogen (secondary N) is 1. The molecule has 0 spiro atoms. The number of aromatic amines is 1. The Hall–Kier alpha value is -2.10. The lowest BCUT2D eigenvalue weighted by Crippen LogP contribution is -2.17. The number of aromatic nitrogens is 2. The predicted molar refractivity (Wildman–Crippen MR) is 77.0 cm³/mol. The monoisotopic (exact) mass is 270 g/mol. The Balaban J connectivity index is 1.77. The predicted octanol–water partition coefficient (Wildman–Crippen LogP) is 2.68. The van der Waals surface area contributed by atoms with Crippen molar-refractivity contribution in [2.24, 2.45) is 0 Å². The number of rotatable bonds is 4. The molecule has 4 heteroatoms. The van der Waals surface area contributed by atoms with E-state index in [0.29, 0.717) is 12.4 Å². The number of nitrogens with zero attached hydrogens (tertiary/aromatic N) is 1. The first-order valence-electron chi connectivity index (χ1n) is 7.10. The molecule has 1 aromatic heterocycles. The third kappa shape index (κ3) is 3.26. The molecule has 0 unspecified atom stereocenters. The van der Waals surface area contributed by atoms with Crippen LogP contribution in [0.1, 0.15) is 36.9 Å². The smallest absolute Gasteiger partial charge is 0.296 e. The molecule has 1 saturated carbocycles. The third-order valence-electron chi connectivity index (χ3n) is 3.58. The first-order chi connectivity index (χ1) is 9.79. The molecule has 1 fully saturated rings. The molecule has 0 aliphatic heterocycles. The van der Waals surface area contributed by atoms with Gasteiger partial charge in [-0.15, -0.1) is 0 Å². The molecule has 104 valence electrons. The highest BCUT2D eigenvalue weighted by molar-refractivity contribution is 5.21. The van der Waals surface area contributed by atoms with Crippen LogP contribution < -0.4 is 10.3 Å². The van der Waals surface area contributed by atoms with Gasteiger partial charge in [0.1, 0.15) is 6.10 Å². The maximum absolute atomic E-state index is 11.7. The van der Waals surface area contributed by atoms with Crippen LogP contribution in [0.15, 0.2) is 41.2 Å². The molecule has 0 bridgehead atoms. The molecule has 0 saturated heterocycles. The van der Waals surface area contributed by atoms with Crippen LogP contribution in [0.3, 0.4) is 0 Å². The Morgan fingerprint density at radius 3 is 2.70 bits per heavy atom. The number of benzene rings is 1. The average Bonchev–Trinajstić information content (AvgIpc) is 2.92. The van der Waals surface area contributed by atoms with Crippen LogP contribution in [0, 0.1) is 0 Å². The third-order valence-corrected chi connectivity index (χ3v) is 3.58. The molecule has 4 nitrogen and oxygen atoms in total. The molecule has 1 aromatic carbocycles. The molecule has 20 heavy (non-hydrogen) atoms. The van der Waals surface area contributed by atoms with Crippen molar-refractivity contribution in [2.45, 2.75) is 38.2 Å². The molecule has 3 rings (SSSR count). The quantitative estimate of drug-likeness (QED) is 0.929. The van der Waals surface area contributed by atoms with Gasteiger partial charge >= 0.3 is 0 Å². The molecule has 1 aliphatic carbocycles. The molecule has 1 aliphatic rings. The van der Waals surface area contributed by atoms with Crippen LogP contribution in [-0.2, 0) is 6.42 Å². The van der Waals surface area contributed by atoms with Crippen LogP contribution in [0.5, 0.6) is 6.01 Å². The summed E-state index contributed by atoms with van der Waals surface area (Å²) in [4.78, 5) is 18.8. The summed E-state index contributed by atoms with van der Waals surface area (Å²) >= 11 is 0. The number of ether oxygens (including phenoxy) is 1. The highest BCUT2D eigenvalue weighted by atomic mass is 16.5. The van der Waals surface area contributed by atoms with Gasteiger partial charge in [0.2, 0.25) is 0 Å². The molecule has 1 N–H and O–H groups in total. The number of hydrogen-bond acceptors (Lipinski definition) is 3. The molecular formula is C16H18N2O2. The van der Waals surface area contributed by atoms with Crippen LogP contribution >= 0.6 is 0 Å². The zero-order chi connectivity index (χ0) is 13.8. The van der Waals surface area contributed by atoms with Crippen molar-refractivity contribution in [2.75, 3.05) is 0 Å². The highest BCUT2D eigenvalue weighted by Crippen LogP contribution is 2.21. The second-order valence-corrected chi connectivity index (χ2v) is 5.23. The minimum Gasteiger partial charge on any atom is -0.461 e. The Morgan fingerprint density at radius 1 is 1.20 bits per heavy atom. The van der Waals surface area contributed by atoms with Crippen LogP contribution in [0.4, 0.5) is 0 Å². The number of H-pyrrole nitrogens is 1. The van der Waals surface area contributed by atoms with E-state index in [4.69, 9.17) is 4.74 Å². The molecule has 2 aromatic rings. The summed E-state index contributed by atoms with van der Waals surface area (Å²) < 4.78 is 5.77. The molecule has 0 radical (unpaired) electrons. The standard InChI is InChI=1S/C16H18N2O2/c19-15-11-13(10-12-6-2-1-3-7-12)17-16(18-15)20-14-8-4-5-9-14/h1-3,6-7,11,14H,4-5,8-10H2,(H,17,18,19). The van der Waals surface area contributed by atoms with Gasteiger partial charge in [-0.1, -0.05) is 30.3 Å². The van der Waals surface area contributed by atoms with Crippen molar-refractivity contribution >= 4 is 0 Å². The largest absolute Gasteiger partial charge is 0.461 e. The molecule has 0 amide bonds. The summed E-state index contributed by atoms with van der Waals surface area (Å²) in [7, 11) is 0. The summed E-state index contributed by atoms with van der Waals surface area (Å²) in [5.41, 5.74) is 1.73. The maximum Gasteiger partial charge on any atom is 0.296 e. The van der Waals surface area contributed by atoms with Gasteiger partial charge in [0.25, 0.3) is 11.6 Å². The summed E-state index contributed by atoms with van der Waals surface area (Å²) in [6.07, 6.45) is 5.33. The van der Waals surface area contributed by atoms with Crippen molar-refractivity contribution < 1.29 is 4.74 Å². The van der Waals surface area contributed by atoms with Crippen molar-refractivity contribution in [3.63, 3.8) is 0 Å². The van der Waals surface area contributed by atoms with E-state index in [1.54, 1.807) is 0 Å². The van der Waals surface area contributed by atoms with Crippen molar-refractivity contribution in [1.29, 1.82) is 0 Å². The van der Waals surface area contributed by atoms with Gasteiger partial charge in [-0.3, -0.25) is 9.78 Å². The van der Waals surface area contributed by atoms with Gasteiger partial charge in [-0.2, -0.15) is 0 Å². The highest BCUT2D eigenvalue weighted by Gasteiger charge is 2.17. The van der Waals surface area contributed by atoms with Crippen molar-refractivity contribution in [3.05, 3.63) is 58.0 Å². The van der Waals surface area contributed by atoms with E-state index in [-0.39, 0.29) is 11.7 Å². The fourth-order valence-corrected chi connectivity index (χ4v) is 2.60. The van der Waals surface area contributed by atoms with Crippen LogP contribution in [0.2, 0.25) is 0 Å². The summed E-state index contributed by atoms with van der Waals surface area (Å²) in [6, 6.07) is 11.9. The zero-order valence-electron chi connectivity index (χ0n) is 11.3. The zero-order valence-corrected chi connectivity index (χ0v) is 11.3. The number of hydrogen-bond donors (Lipinski definition) is 1. The van der Waals surface area contributed by atoms with Gasteiger partial charge < -0.3 is 4.74 Å². The lowest BCUT2D eigenvalue weighted by molar-refractivity contribution is 0.191. The second-order valence-electron chi connectivity index (χ2n) is 5.23. The Bertz CT molecular complexity index is 616. The van der Waals surface area contributed by atoms with E-state index < -0.39 is 0 Å². The molecule has 1 heterocycles. The Kier molecular flexibility index (Phi) is 3.81. The van der Waals surface area contributed by atoms with Crippen LogP contribution in [-0.4, -0.2) is 16.1 Å². The normalized spacial score (nSPS) is 15.4. The van der Waals surface area contributed by atoms with Gasteiger partial charge in [0.15, 0.2) is 0 Å². The second kappa shape index (κ2) is 5.90. The van der Waals surface area contributed by atoms with Crippen molar-refractivity contribution in [3.8, 4) is 6.01 Å². The molecular weight excluding hydrogens is 252 g/mol. The minimum atomic E-state index is -0.154.